The SMILES string of the molecule is CN1CCCC2(CC1)CCN(CC1(C)CCOCC1)CC2. The molecule has 0 atom stereocenters. The van der Waals surface area contributed by atoms with Crippen LogP contribution in [0.1, 0.15) is 51.9 Å². The Labute approximate surface area is 131 Å². The lowest BCUT2D eigenvalue weighted by atomic mass is 9.72. The summed E-state index contributed by atoms with van der Waals surface area (Å²) >= 11 is 0. The van der Waals surface area contributed by atoms with E-state index in [1.165, 1.54) is 77.7 Å². The highest BCUT2D eigenvalue weighted by Crippen LogP contribution is 2.42. The summed E-state index contributed by atoms with van der Waals surface area (Å²) in [5.74, 6) is 0. The zero-order valence-corrected chi connectivity index (χ0v) is 14.2. The average Bonchev–Trinajstić information content (AvgIpc) is 2.65. The molecule has 3 aliphatic heterocycles. The standard InChI is InChI=1S/C18H34N2O/c1-17(8-14-21-15-9-17)16-20-12-6-18(7-13-20)4-3-10-19(2)11-5-18/h3-16H2,1-2H3. The predicted molar refractivity (Wildman–Crippen MR) is 87.6 cm³/mol. The summed E-state index contributed by atoms with van der Waals surface area (Å²) in [5, 5.41) is 0. The molecule has 0 bridgehead atoms. The molecule has 3 saturated heterocycles. The number of rotatable bonds is 2. The monoisotopic (exact) mass is 294 g/mol. The van der Waals surface area contributed by atoms with Crippen LogP contribution in [0, 0.1) is 10.8 Å². The van der Waals surface area contributed by atoms with Crippen LogP contribution >= 0.6 is 0 Å². The molecule has 0 aromatic heterocycles. The zero-order valence-electron chi connectivity index (χ0n) is 14.2. The van der Waals surface area contributed by atoms with Gasteiger partial charge in [-0.15, -0.1) is 0 Å². The van der Waals surface area contributed by atoms with Gasteiger partial charge in [0.25, 0.3) is 0 Å². The van der Waals surface area contributed by atoms with E-state index < -0.39 is 0 Å². The van der Waals surface area contributed by atoms with Crippen molar-refractivity contribution in [3.05, 3.63) is 0 Å². The molecule has 0 radical (unpaired) electrons. The maximum Gasteiger partial charge on any atom is 0.0471 e. The topological polar surface area (TPSA) is 15.7 Å². The fraction of sp³-hybridized carbons (Fsp3) is 1.00. The van der Waals surface area contributed by atoms with Gasteiger partial charge in [0.1, 0.15) is 0 Å². The second-order valence-electron chi connectivity index (χ2n) is 8.36. The highest BCUT2D eigenvalue weighted by molar-refractivity contribution is 4.90. The maximum absolute atomic E-state index is 5.54. The van der Waals surface area contributed by atoms with Crippen LogP contribution in [-0.4, -0.2) is 62.8 Å². The Morgan fingerprint density at radius 1 is 0.857 bits per heavy atom. The van der Waals surface area contributed by atoms with Crippen LogP contribution in [0.2, 0.25) is 0 Å². The van der Waals surface area contributed by atoms with Crippen LogP contribution in [0.15, 0.2) is 0 Å². The number of piperidine rings is 1. The third-order valence-electron chi connectivity index (χ3n) is 6.49. The third-order valence-corrected chi connectivity index (χ3v) is 6.49. The van der Waals surface area contributed by atoms with Crippen molar-refractivity contribution >= 4 is 0 Å². The molecule has 3 aliphatic rings. The van der Waals surface area contributed by atoms with E-state index in [9.17, 15) is 0 Å². The first-order valence-corrected chi connectivity index (χ1v) is 9.08. The van der Waals surface area contributed by atoms with Crippen LogP contribution in [-0.2, 0) is 4.74 Å². The minimum Gasteiger partial charge on any atom is -0.381 e. The number of likely N-dealkylation sites (tertiary alicyclic amines) is 2. The van der Waals surface area contributed by atoms with Gasteiger partial charge in [0, 0.05) is 19.8 Å². The normalized spacial score (nSPS) is 31.1. The Morgan fingerprint density at radius 3 is 2.24 bits per heavy atom. The van der Waals surface area contributed by atoms with Crippen molar-refractivity contribution in [3.63, 3.8) is 0 Å². The van der Waals surface area contributed by atoms with Gasteiger partial charge in [-0.1, -0.05) is 6.92 Å². The molecule has 0 amide bonds. The summed E-state index contributed by atoms with van der Waals surface area (Å²) < 4.78 is 5.54. The van der Waals surface area contributed by atoms with Crippen LogP contribution in [0.5, 0.6) is 0 Å². The van der Waals surface area contributed by atoms with Crippen LogP contribution in [0.4, 0.5) is 0 Å². The second kappa shape index (κ2) is 6.55. The lowest BCUT2D eigenvalue weighted by Gasteiger charge is -2.45. The van der Waals surface area contributed by atoms with Crippen molar-refractivity contribution in [1.82, 2.24) is 9.80 Å². The number of ether oxygens (including phenoxy) is 1. The van der Waals surface area contributed by atoms with E-state index >= 15 is 0 Å². The molecule has 0 aliphatic carbocycles. The van der Waals surface area contributed by atoms with Gasteiger partial charge < -0.3 is 14.5 Å². The Bertz CT molecular complexity index is 330. The molecule has 3 rings (SSSR count). The molecule has 0 saturated carbocycles. The lowest BCUT2D eigenvalue weighted by molar-refractivity contribution is -0.00904. The summed E-state index contributed by atoms with van der Waals surface area (Å²) in [4.78, 5) is 5.29. The molecule has 0 N–H and O–H groups in total. The fourth-order valence-electron chi connectivity index (χ4n) is 4.64. The van der Waals surface area contributed by atoms with E-state index in [0.717, 1.165) is 13.2 Å². The smallest absolute Gasteiger partial charge is 0.0471 e. The first-order valence-electron chi connectivity index (χ1n) is 9.08. The van der Waals surface area contributed by atoms with Gasteiger partial charge >= 0.3 is 0 Å². The Balaban J connectivity index is 1.50. The van der Waals surface area contributed by atoms with Gasteiger partial charge in [0.05, 0.1) is 0 Å². The minimum atomic E-state index is 0.506. The highest BCUT2D eigenvalue weighted by atomic mass is 16.5. The summed E-state index contributed by atoms with van der Waals surface area (Å²) in [6.07, 6.45) is 9.68. The van der Waals surface area contributed by atoms with Crippen molar-refractivity contribution in [2.75, 3.05) is 53.0 Å². The molecule has 0 aromatic rings. The third kappa shape index (κ3) is 4.00. The van der Waals surface area contributed by atoms with Crippen molar-refractivity contribution in [3.8, 4) is 0 Å². The quantitative estimate of drug-likeness (QED) is 0.778. The van der Waals surface area contributed by atoms with Gasteiger partial charge in [-0.2, -0.15) is 0 Å². The maximum atomic E-state index is 5.54. The molecule has 3 heteroatoms. The first-order chi connectivity index (χ1) is 10.1. The van der Waals surface area contributed by atoms with E-state index in [1.54, 1.807) is 0 Å². The Kier molecular flexibility index (Phi) is 4.92. The molecular weight excluding hydrogens is 260 g/mol. The lowest BCUT2D eigenvalue weighted by Crippen LogP contribution is -2.46. The Morgan fingerprint density at radius 2 is 1.52 bits per heavy atom. The summed E-state index contributed by atoms with van der Waals surface area (Å²) in [6.45, 7) is 11.0. The van der Waals surface area contributed by atoms with Gasteiger partial charge in [0.2, 0.25) is 0 Å². The molecule has 1 spiro atoms. The second-order valence-corrected chi connectivity index (χ2v) is 8.36. The zero-order chi connectivity index (χ0) is 14.8. The highest BCUT2D eigenvalue weighted by Gasteiger charge is 2.37. The van der Waals surface area contributed by atoms with Crippen LogP contribution in [0.25, 0.3) is 0 Å². The van der Waals surface area contributed by atoms with E-state index in [1.807, 2.05) is 0 Å². The average molecular weight is 294 g/mol. The minimum absolute atomic E-state index is 0.506. The first kappa shape index (κ1) is 15.8. The van der Waals surface area contributed by atoms with Gasteiger partial charge in [-0.3, -0.25) is 0 Å². The Hall–Kier alpha value is -0.120. The van der Waals surface area contributed by atoms with Gasteiger partial charge in [-0.05, 0) is 89.0 Å². The van der Waals surface area contributed by atoms with Crippen molar-refractivity contribution in [2.45, 2.75) is 51.9 Å². The fourth-order valence-corrected chi connectivity index (χ4v) is 4.64. The van der Waals surface area contributed by atoms with E-state index in [2.05, 4.69) is 23.8 Å². The molecule has 0 aromatic carbocycles. The number of nitrogens with zero attached hydrogens (tertiary/aromatic N) is 2. The van der Waals surface area contributed by atoms with Gasteiger partial charge in [-0.25, -0.2) is 0 Å². The summed E-state index contributed by atoms with van der Waals surface area (Å²) in [6, 6.07) is 0. The van der Waals surface area contributed by atoms with Crippen molar-refractivity contribution in [2.24, 2.45) is 10.8 Å². The number of hydrogen-bond acceptors (Lipinski definition) is 3. The van der Waals surface area contributed by atoms with Crippen LogP contribution in [0.3, 0.4) is 0 Å². The summed E-state index contributed by atoms with van der Waals surface area (Å²) in [7, 11) is 2.29. The largest absolute Gasteiger partial charge is 0.381 e. The van der Waals surface area contributed by atoms with E-state index in [0.29, 0.717) is 10.8 Å². The number of hydrogen-bond donors (Lipinski definition) is 0. The molecule has 3 heterocycles. The van der Waals surface area contributed by atoms with E-state index in [-0.39, 0.29) is 0 Å². The van der Waals surface area contributed by atoms with Gasteiger partial charge in [0.15, 0.2) is 0 Å². The van der Waals surface area contributed by atoms with Crippen molar-refractivity contribution < 1.29 is 4.74 Å². The molecule has 0 unspecified atom stereocenters. The molecule has 3 nitrogen and oxygen atoms in total. The molecule has 122 valence electrons. The molecular formula is C18H34N2O. The van der Waals surface area contributed by atoms with Crippen LogP contribution < -0.4 is 0 Å². The predicted octanol–water partition coefficient (Wildman–Crippen LogP) is 3.00. The molecule has 3 fully saturated rings. The molecule has 21 heavy (non-hydrogen) atoms. The van der Waals surface area contributed by atoms with E-state index in [4.69, 9.17) is 4.74 Å². The van der Waals surface area contributed by atoms with Crippen molar-refractivity contribution in [1.29, 1.82) is 0 Å². The summed E-state index contributed by atoms with van der Waals surface area (Å²) in [5.41, 5.74) is 1.18.